The van der Waals surface area contributed by atoms with Crippen molar-refractivity contribution in [3.05, 3.63) is 29.3 Å². The molecule has 0 radical (unpaired) electrons. The van der Waals surface area contributed by atoms with Crippen molar-refractivity contribution >= 4 is 0 Å². The highest BCUT2D eigenvalue weighted by Crippen LogP contribution is 2.27. The lowest BCUT2D eigenvalue weighted by atomic mass is 9.86. The van der Waals surface area contributed by atoms with E-state index >= 15 is 0 Å². The van der Waals surface area contributed by atoms with Crippen molar-refractivity contribution in [2.24, 2.45) is 0 Å². The van der Waals surface area contributed by atoms with Gasteiger partial charge in [-0.25, -0.2) is 0 Å². The summed E-state index contributed by atoms with van der Waals surface area (Å²) in [6.07, 6.45) is 2.51. The van der Waals surface area contributed by atoms with E-state index < -0.39 is 0 Å². The number of hydrogen-bond acceptors (Lipinski definition) is 2. The van der Waals surface area contributed by atoms with E-state index in [0.29, 0.717) is 6.04 Å². The quantitative estimate of drug-likeness (QED) is 0.883. The summed E-state index contributed by atoms with van der Waals surface area (Å²) in [6.45, 7) is 10.8. The Morgan fingerprint density at radius 3 is 2.67 bits per heavy atom. The second kappa shape index (κ2) is 5.31. The summed E-state index contributed by atoms with van der Waals surface area (Å²) in [5.41, 5.74) is 2.81. The van der Waals surface area contributed by atoms with Crippen LogP contribution in [0.15, 0.2) is 18.2 Å². The van der Waals surface area contributed by atoms with Crippen LogP contribution in [0.1, 0.15) is 44.7 Å². The zero-order valence-electron chi connectivity index (χ0n) is 12.0. The molecule has 1 aromatic carbocycles. The number of hydrogen-bond donors (Lipinski definition) is 1. The van der Waals surface area contributed by atoms with E-state index in [1.165, 1.54) is 24.0 Å². The Hall–Kier alpha value is -1.02. The van der Waals surface area contributed by atoms with E-state index in [9.17, 15) is 0 Å². The average molecular weight is 247 g/mol. The summed E-state index contributed by atoms with van der Waals surface area (Å²) in [6, 6.07) is 7.08. The van der Waals surface area contributed by atoms with Gasteiger partial charge in [0.25, 0.3) is 0 Å². The summed E-state index contributed by atoms with van der Waals surface area (Å²) in [4.78, 5) is 0. The van der Waals surface area contributed by atoms with Crippen LogP contribution in [-0.2, 0) is 5.41 Å². The molecule has 2 nitrogen and oxygen atoms in total. The highest BCUT2D eigenvalue weighted by atomic mass is 16.5. The van der Waals surface area contributed by atoms with Gasteiger partial charge in [0.15, 0.2) is 0 Å². The van der Waals surface area contributed by atoms with Gasteiger partial charge in [0.2, 0.25) is 0 Å². The molecule has 1 aliphatic rings. The van der Waals surface area contributed by atoms with Crippen LogP contribution in [0.3, 0.4) is 0 Å². The lowest BCUT2D eigenvalue weighted by molar-refractivity contribution is 0.275. The Balaban J connectivity index is 2.01. The van der Waals surface area contributed by atoms with Crippen molar-refractivity contribution in [3.8, 4) is 5.75 Å². The minimum absolute atomic E-state index is 0.205. The van der Waals surface area contributed by atoms with Crippen molar-refractivity contribution in [2.75, 3.05) is 13.2 Å². The molecule has 1 atom stereocenters. The maximum absolute atomic E-state index is 5.93. The van der Waals surface area contributed by atoms with E-state index in [1.54, 1.807) is 0 Å². The standard InChI is InChI=1S/C16H25NO/c1-12-10-13(16(2,3)4)7-8-15(12)18-11-14-6-5-9-17-14/h7-8,10,14,17H,5-6,9,11H2,1-4H3/t14-/m0/s1. The van der Waals surface area contributed by atoms with Gasteiger partial charge in [0.1, 0.15) is 12.4 Å². The van der Waals surface area contributed by atoms with Gasteiger partial charge >= 0.3 is 0 Å². The van der Waals surface area contributed by atoms with Gasteiger partial charge in [0, 0.05) is 6.04 Å². The fourth-order valence-electron chi connectivity index (χ4n) is 2.37. The van der Waals surface area contributed by atoms with Gasteiger partial charge in [0.05, 0.1) is 0 Å². The average Bonchev–Trinajstić information content (AvgIpc) is 2.79. The third-order valence-corrected chi connectivity index (χ3v) is 3.64. The monoisotopic (exact) mass is 247 g/mol. The van der Waals surface area contributed by atoms with Crippen LogP contribution in [-0.4, -0.2) is 19.2 Å². The minimum Gasteiger partial charge on any atom is -0.492 e. The third-order valence-electron chi connectivity index (χ3n) is 3.64. The predicted octanol–water partition coefficient (Wildman–Crippen LogP) is 3.42. The molecule has 1 heterocycles. The van der Waals surface area contributed by atoms with E-state index in [2.05, 4.69) is 51.2 Å². The molecule has 1 fully saturated rings. The number of benzene rings is 1. The van der Waals surface area contributed by atoms with Crippen LogP contribution in [0, 0.1) is 6.92 Å². The molecule has 0 aliphatic carbocycles. The van der Waals surface area contributed by atoms with Crippen LogP contribution < -0.4 is 10.1 Å². The van der Waals surface area contributed by atoms with Gasteiger partial charge in [-0.15, -0.1) is 0 Å². The second-order valence-electron chi connectivity index (χ2n) is 6.33. The predicted molar refractivity (Wildman–Crippen MR) is 76.4 cm³/mol. The molecule has 2 heteroatoms. The molecule has 0 saturated carbocycles. The molecule has 1 saturated heterocycles. The van der Waals surface area contributed by atoms with Gasteiger partial charge in [-0.3, -0.25) is 0 Å². The van der Waals surface area contributed by atoms with Crippen molar-refractivity contribution in [1.82, 2.24) is 5.32 Å². The van der Waals surface area contributed by atoms with Crippen LogP contribution in [0.25, 0.3) is 0 Å². The number of aryl methyl sites for hydroxylation is 1. The molecule has 2 rings (SSSR count). The van der Waals surface area contributed by atoms with Crippen molar-refractivity contribution in [3.63, 3.8) is 0 Å². The first-order valence-electron chi connectivity index (χ1n) is 6.94. The fourth-order valence-corrected chi connectivity index (χ4v) is 2.37. The normalized spacial score (nSPS) is 20.1. The molecule has 18 heavy (non-hydrogen) atoms. The van der Waals surface area contributed by atoms with Crippen molar-refractivity contribution in [2.45, 2.75) is 52.0 Å². The maximum atomic E-state index is 5.93. The van der Waals surface area contributed by atoms with Crippen molar-refractivity contribution in [1.29, 1.82) is 0 Å². The van der Waals surface area contributed by atoms with Crippen LogP contribution in [0.2, 0.25) is 0 Å². The fraction of sp³-hybridized carbons (Fsp3) is 0.625. The molecule has 100 valence electrons. The minimum atomic E-state index is 0.205. The van der Waals surface area contributed by atoms with E-state index in [4.69, 9.17) is 4.74 Å². The molecule has 0 spiro atoms. The van der Waals surface area contributed by atoms with Gasteiger partial charge in [-0.1, -0.05) is 32.9 Å². The zero-order valence-corrected chi connectivity index (χ0v) is 12.0. The topological polar surface area (TPSA) is 21.3 Å². The maximum Gasteiger partial charge on any atom is 0.122 e. The highest BCUT2D eigenvalue weighted by Gasteiger charge is 2.17. The first-order valence-corrected chi connectivity index (χ1v) is 6.94. The van der Waals surface area contributed by atoms with Gasteiger partial charge in [-0.05, 0) is 48.9 Å². The second-order valence-corrected chi connectivity index (χ2v) is 6.33. The molecule has 1 aromatic rings. The van der Waals surface area contributed by atoms with Crippen LogP contribution in [0.4, 0.5) is 0 Å². The highest BCUT2D eigenvalue weighted by molar-refractivity contribution is 5.38. The number of ether oxygens (including phenoxy) is 1. The van der Waals surface area contributed by atoms with Crippen molar-refractivity contribution < 1.29 is 4.74 Å². The van der Waals surface area contributed by atoms with Gasteiger partial charge in [-0.2, -0.15) is 0 Å². The first-order chi connectivity index (χ1) is 8.47. The molecule has 1 aliphatic heterocycles. The smallest absolute Gasteiger partial charge is 0.122 e. The number of rotatable bonds is 3. The SMILES string of the molecule is Cc1cc(C(C)(C)C)ccc1OC[C@@H]1CCCN1. The Labute approximate surface area is 111 Å². The molecule has 0 unspecified atom stereocenters. The molecule has 0 aromatic heterocycles. The largest absolute Gasteiger partial charge is 0.492 e. The number of nitrogens with one attached hydrogen (secondary N) is 1. The summed E-state index contributed by atoms with van der Waals surface area (Å²) in [7, 11) is 0. The summed E-state index contributed by atoms with van der Waals surface area (Å²) in [5.74, 6) is 1.02. The Kier molecular flexibility index (Phi) is 3.96. The van der Waals surface area contributed by atoms with Gasteiger partial charge < -0.3 is 10.1 Å². The van der Waals surface area contributed by atoms with E-state index in [-0.39, 0.29) is 5.41 Å². The Morgan fingerprint density at radius 1 is 1.33 bits per heavy atom. The van der Waals surface area contributed by atoms with Crippen LogP contribution in [0.5, 0.6) is 5.75 Å². The summed E-state index contributed by atoms with van der Waals surface area (Å²) in [5, 5.41) is 3.46. The molecule has 1 N–H and O–H groups in total. The van der Waals surface area contributed by atoms with E-state index in [1.807, 2.05) is 0 Å². The Bertz CT molecular complexity index is 400. The zero-order chi connectivity index (χ0) is 13.2. The first kappa shape index (κ1) is 13.4. The summed E-state index contributed by atoms with van der Waals surface area (Å²) < 4.78 is 5.93. The third kappa shape index (κ3) is 3.26. The lowest BCUT2D eigenvalue weighted by Crippen LogP contribution is -2.28. The molecule has 0 bridgehead atoms. The molecular weight excluding hydrogens is 222 g/mol. The summed E-state index contributed by atoms with van der Waals surface area (Å²) >= 11 is 0. The van der Waals surface area contributed by atoms with E-state index in [0.717, 1.165) is 18.9 Å². The molecular formula is C16H25NO. The van der Waals surface area contributed by atoms with Crippen LogP contribution >= 0.6 is 0 Å². The lowest BCUT2D eigenvalue weighted by Gasteiger charge is -2.21. The molecule has 0 amide bonds. The Morgan fingerprint density at radius 2 is 2.11 bits per heavy atom.